The number of fused-ring (bicyclic) bond motifs is 1. The number of H-pyrrole nitrogens is 1. The lowest BCUT2D eigenvalue weighted by Crippen LogP contribution is -2.28. The summed E-state index contributed by atoms with van der Waals surface area (Å²) in [4.78, 5) is 24.8. The van der Waals surface area contributed by atoms with E-state index in [-0.39, 0.29) is 6.61 Å². The van der Waals surface area contributed by atoms with Crippen LogP contribution in [-0.2, 0) is 22.7 Å². The van der Waals surface area contributed by atoms with E-state index in [2.05, 4.69) is 38.0 Å². The van der Waals surface area contributed by atoms with Crippen LogP contribution < -0.4 is 5.32 Å². The molecule has 0 radical (unpaired) electrons. The first-order chi connectivity index (χ1) is 17.5. The van der Waals surface area contributed by atoms with Gasteiger partial charge in [0, 0.05) is 29.4 Å². The summed E-state index contributed by atoms with van der Waals surface area (Å²) in [6.07, 6.45) is 10.3. The number of aromatic amines is 1. The summed E-state index contributed by atoms with van der Waals surface area (Å²) in [5.41, 5.74) is 4.28. The molecular formula is C27H27ClFN5O2. The van der Waals surface area contributed by atoms with Crippen molar-refractivity contribution in [2.75, 3.05) is 18.4 Å². The molecule has 0 fully saturated rings. The molecule has 36 heavy (non-hydrogen) atoms. The van der Waals surface area contributed by atoms with Crippen LogP contribution >= 0.6 is 11.6 Å². The molecule has 0 saturated carbocycles. The van der Waals surface area contributed by atoms with E-state index in [1.54, 1.807) is 18.2 Å². The van der Waals surface area contributed by atoms with Gasteiger partial charge in [0.1, 0.15) is 18.2 Å². The third kappa shape index (κ3) is 6.90. The fraction of sp³-hybridized carbons (Fsp3) is 0.222. The minimum Gasteiger partial charge on any atom is -0.473 e. The number of carbonyl (C=O) groups excluding carboxylic acids is 1. The standard InChI is InChI=1S/C27H27ClFN5O2/c1-30-27(36-17-20-6-7-21(28)14-23(20)29)5-3-2-4-19-10-12-34(13-11-19)16-26-32-24-9-8-22(31-18-35)15-25(24)33-26/h2-3,5-10,14-15,18H,1,4,11-13,16-17H2,(H,31,35)(H,32,33)/b3-2-,27-5+. The number of allylic oxidation sites excluding steroid dienone is 3. The van der Waals surface area contributed by atoms with Crippen molar-refractivity contribution in [1.82, 2.24) is 14.9 Å². The van der Waals surface area contributed by atoms with Crippen LogP contribution in [0.5, 0.6) is 0 Å². The highest BCUT2D eigenvalue weighted by atomic mass is 35.5. The molecule has 0 atom stereocenters. The van der Waals surface area contributed by atoms with Crippen molar-refractivity contribution in [3.63, 3.8) is 0 Å². The number of benzene rings is 2. The van der Waals surface area contributed by atoms with Crippen molar-refractivity contribution in [3.8, 4) is 0 Å². The Morgan fingerprint density at radius 2 is 2.22 bits per heavy atom. The van der Waals surface area contributed by atoms with E-state index < -0.39 is 5.82 Å². The smallest absolute Gasteiger partial charge is 0.212 e. The largest absolute Gasteiger partial charge is 0.473 e. The maximum atomic E-state index is 13.9. The Morgan fingerprint density at radius 3 is 2.97 bits per heavy atom. The molecule has 2 N–H and O–H groups in total. The summed E-state index contributed by atoms with van der Waals surface area (Å²) >= 11 is 5.78. The second-order valence-corrected chi connectivity index (χ2v) is 8.78. The lowest BCUT2D eigenvalue weighted by Gasteiger charge is -2.25. The number of hydrogen-bond donors (Lipinski definition) is 2. The van der Waals surface area contributed by atoms with E-state index in [4.69, 9.17) is 16.3 Å². The van der Waals surface area contributed by atoms with Gasteiger partial charge in [0.05, 0.1) is 17.6 Å². The number of imidazole rings is 1. The number of hydrogen-bond acceptors (Lipinski definition) is 5. The monoisotopic (exact) mass is 507 g/mol. The number of amides is 1. The van der Waals surface area contributed by atoms with Gasteiger partial charge in [0.2, 0.25) is 12.3 Å². The highest BCUT2D eigenvalue weighted by Crippen LogP contribution is 2.20. The predicted molar refractivity (Wildman–Crippen MR) is 141 cm³/mol. The number of rotatable bonds is 11. The average molecular weight is 508 g/mol. The molecule has 1 aromatic heterocycles. The number of aromatic nitrogens is 2. The fourth-order valence-electron chi connectivity index (χ4n) is 3.90. The Balaban J connectivity index is 1.25. The minimum atomic E-state index is -0.416. The van der Waals surface area contributed by atoms with E-state index in [1.165, 1.54) is 11.6 Å². The van der Waals surface area contributed by atoms with E-state index in [0.717, 1.165) is 55.0 Å². The van der Waals surface area contributed by atoms with Gasteiger partial charge in [-0.2, -0.15) is 0 Å². The van der Waals surface area contributed by atoms with Crippen LogP contribution in [-0.4, -0.2) is 41.1 Å². The van der Waals surface area contributed by atoms with Crippen molar-refractivity contribution in [1.29, 1.82) is 0 Å². The van der Waals surface area contributed by atoms with Gasteiger partial charge in [-0.3, -0.25) is 9.69 Å². The molecule has 1 aliphatic rings. The number of nitrogens with zero attached hydrogens (tertiary/aromatic N) is 3. The van der Waals surface area contributed by atoms with Gasteiger partial charge in [-0.1, -0.05) is 41.5 Å². The first kappa shape index (κ1) is 25.3. The van der Waals surface area contributed by atoms with Crippen molar-refractivity contribution in [2.45, 2.75) is 26.0 Å². The van der Waals surface area contributed by atoms with Crippen LogP contribution in [0.2, 0.25) is 5.02 Å². The van der Waals surface area contributed by atoms with Crippen molar-refractivity contribution in [3.05, 3.63) is 94.4 Å². The molecule has 186 valence electrons. The van der Waals surface area contributed by atoms with Gasteiger partial charge in [-0.25, -0.2) is 14.4 Å². The molecule has 0 bridgehead atoms. The Labute approximate surface area is 214 Å². The van der Waals surface area contributed by atoms with E-state index in [9.17, 15) is 9.18 Å². The highest BCUT2D eigenvalue weighted by Gasteiger charge is 2.13. The van der Waals surface area contributed by atoms with Crippen LogP contribution in [0, 0.1) is 5.82 Å². The molecule has 0 unspecified atom stereocenters. The summed E-state index contributed by atoms with van der Waals surface area (Å²) in [6, 6.07) is 10.1. The van der Waals surface area contributed by atoms with E-state index >= 15 is 0 Å². The fourth-order valence-corrected chi connectivity index (χ4v) is 4.05. The summed E-state index contributed by atoms with van der Waals surface area (Å²) in [5.74, 6) is 0.809. The predicted octanol–water partition coefficient (Wildman–Crippen LogP) is 5.76. The third-order valence-electron chi connectivity index (χ3n) is 5.82. The number of anilines is 1. The molecule has 2 aromatic carbocycles. The number of halogens is 2. The Bertz CT molecular complexity index is 1330. The molecular weight excluding hydrogens is 481 g/mol. The van der Waals surface area contributed by atoms with E-state index in [1.807, 2.05) is 30.4 Å². The van der Waals surface area contributed by atoms with Crippen molar-refractivity contribution < 1.29 is 13.9 Å². The molecule has 2 heterocycles. The lowest BCUT2D eigenvalue weighted by atomic mass is 10.0. The first-order valence-corrected chi connectivity index (χ1v) is 11.9. The van der Waals surface area contributed by atoms with Crippen LogP contribution in [0.1, 0.15) is 24.2 Å². The molecule has 0 saturated heterocycles. The molecule has 7 nitrogen and oxygen atoms in total. The van der Waals surface area contributed by atoms with Crippen LogP contribution in [0.4, 0.5) is 10.1 Å². The zero-order valence-corrected chi connectivity index (χ0v) is 20.5. The third-order valence-corrected chi connectivity index (χ3v) is 6.05. The minimum absolute atomic E-state index is 0.0463. The normalized spacial score (nSPS) is 14.7. The van der Waals surface area contributed by atoms with Gasteiger partial charge in [-0.15, -0.1) is 0 Å². The van der Waals surface area contributed by atoms with Crippen molar-refractivity contribution in [2.24, 2.45) is 4.99 Å². The van der Waals surface area contributed by atoms with Gasteiger partial charge >= 0.3 is 0 Å². The molecule has 9 heteroatoms. The van der Waals surface area contributed by atoms with Gasteiger partial charge in [-0.05, 0) is 56.0 Å². The van der Waals surface area contributed by atoms with Gasteiger partial charge in [0.15, 0.2) is 0 Å². The number of nitrogens with one attached hydrogen (secondary N) is 2. The average Bonchev–Trinajstić information content (AvgIpc) is 3.27. The first-order valence-electron chi connectivity index (χ1n) is 11.5. The molecule has 1 aliphatic heterocycles. The Hall–Kier alpha value is -3.75. The molecule has 0 spiro atoms. The number of ether oxygens (including phenoxy) is 1. The quantitative estimate of drug-likeness (QED) is 0.114. The number of aliphatic imine (C=N–C) groups is 1. The number of carbonyl (C=O) groups is 1. The highest BCUT2D eigenvalue weighted by molar-refractivity contribution is 6.30. The summed E-state index contributed by atoms with van der Waals surface area (Å²) in [7, 11) is 0. The van der Waals surface area contributed by atoms with Crippen LogP contribution in [0.15, 0.2) is 77.2 Å². The van der Waals surface area contributed by atoms with Gasteiger partial charge < -0.3 is 15.0 Å². The van der Waals surface area contributed by atoms with Gasteiger partial charge in [0.25, 0.3) is 0 Å². The SMILES string of the molecule is C=N/C(=C\C=C/CC1=CCN(Cc2nc3ccc(NC=O)cc3[nH]2)CC1)OCc1ccc(Cl)cc1F. The van der Waals surface area contributed by atoms with Crippen LogP contribution in [0.25, 0.3) is 11.0 Å². The molecule has 4 rings (SSSR count). The lowest BCUT2D eigenvalue weighted by molar-refractivity contribution is -0.105. The summed E-state index contributed by atoms with van der Waals surface area (Å²) in [5, 5.41) is 3.00. The summed E-state index contributed by atoms with van der Waals surface area (Å²) in [6.45, 7) is 6.08. The maximum absolute atomic E-state index is 13.9. The molecule has 1 amide bonds. The molecule has 0 aliphatic carbocycles. The van der Waals surface area contributed by atoms with E-state index in [0.29, 0.717) is 22.9 Å². The van der Waals surface area contributed by atoms with Crippen molar-refractivity contribution >= 4 is 41.4 Å². The second-order valence-electron chi connectivity index (χ2n) is 8.34. The zero-order chi connectivity index (χ0) is 25.3. The molecule has 3 aromatic rings. The maximum Gasteiger partial charge on any atom is 0.212 e. The Kier molecular flexibility index (Phi) is 8.65. The summed E-state index contributed by atoms with van der Waals surface area (Å²) < 4.78 is 19.4. The Morgan fingerprint density at radius 1 is 1.33 bits per heavy atom. The van der Waals surface area contributed by atoms with Crippen LogP contribution in [0.3, 0.4) is 0 Å². The zero-order valence-electron chi connectivity index (χ0n) is 19.7. The topological polar surface area (TPSA) is 82.6 Å². The second kappa shape index (κ2) is 12.3.